The van der Waals surface area contributed by atoms with E-state index < -0.39 is 11.8 Å². The number of benzene rings is 1. The zero-order valence-corrected chi connectivity index (χ0v) is 14.9. The SMILES string of the molecule is CC1(C)CC2CC(C)(CN2C(=O)C(=O)Nc2ccc3cn[nH]c3c2)C1. The lowest BCUT2D eigenvalue weighted by Gasteiger charge is -2.39. The van der Waals surface area contributed by atoms with Crippen LogP contribution in [0.3, 0.4) is 0 Å². The number of carbonyl (C=O) groups excluding carboxylic acids is 2. The van der Waals surface area contributed by atoms with E-state index in [0.717, 1.165) is 30.2 Å². The molecule has 2 amide bonds. The normalized spacial score (nSPS) is 27.5. The molecule has 2 heterocycles. The number of likely N-dealkylation sites (tertiary alicyclic amines) is 1. The van der Waals surface area contributed by atoms with E-state index in [4.69, 9.17) is 0 Å². The Hall–Kier alpha value is -2.37. The second kappa shape index (κ2) is 5.31. The maximum Gasteiger partial charge on any atom is 0.313 e. The number of amides is 2. The second-order valence-corrected chi connectivity index (χ2v) is 8.77. The molecule has 1 aliphatic heterocycles. The highest BCUT2D eigenvalue weighted by atomic mass is 16.2. The van der Waals surface area contributed by atoms with Crippen molar-refractivity contribution < 1.29 is 9.59 Å². The van der Waals surface area contributed by atoms with Crippen LogP contribution in [0.15, 0.2) is 24.4 Å². The topological polar surface area (TPSA) is 78.1 Å². The third-order valence-corrected chi connectivity index (χ3v) is 5.57. The minimum absolute atomic E-state index is 0.122. The number of nitrogens with zero attached hydrogens (tertiary/aromatic N) is 2. The summed E-state index contributed by atoms with van der Waals surface area (Å²) in [6.45, 7) is 7.42. The molecule has 25 heavy (non-hydrogen) atoms. The molecule has 2 N–H and O–H groups in total. The Kier molecular flexibility index (Phi) is 3.42. The van der Waals surface area contributed by atoms with Crippen molar-refractivity contribution in [1.82, 2.24) is 15.1 Å². The lowest BCUT2D eigenvalue weighted by Crippen LogP contribution is -2.43. The van der Waals surface area contributed by atoms with Gasteiger partial charge in [-0.3, -0.25) is 14.7 Å². The summed E-state index contributed by atoms with van der Waals surface area (Å²) in [4.78, 5) is 27.0. The lowest BCUT2D eigenvalue weighted by molar-refractivity contribution is -0.144. The number of hydrogen-bond acceptors (Lipinski definition) is 3. The summed E-state index contributed by atoms with van der Waals surface area (Å²) in [5, 5.41) is 10.5. The molecule has 1 saturated carbocycles. The van der Waals surface area contributed by atoms with Gasteiger partial charge < -0.3 is 10.2 Å². The number of nitrogens with one attached hydrogen (secondary N) is 2. The van der Waals surface area contributed by atoms with Crippen LogP contribution in [0, 0.1) is 10.8 Å². The minimum atomic E-state index is -0.562. The Labute approximate surface area is 147 Å². The van der Waals surface area contributed by atoms with Crippen LogP contribution in [0.4, 0.5) is 5.69 Å². The smallest absolute Gasteiger partial charge is 0.313 e. The first-order chi connectivity index (χ1) is 11.7. The second-order valence-electron chi connectivity index (χ2n) is 8.77. The molecule has 4 rings (SSSR count). The van der Waals surface area contributed by atoms with E-state index in [1.807, 2.05) is 6.07 Å². The van der Waals surface area contributed by atoms with E-state index in [0.29, 0.717) is 12.2 Å². The molecule has 0 radical (unpaired) electrons. The van der Waals surface area contributed by atoms with Crippen molar-refractivity contribution in [3.8, 4) is 0 Å². The molecule has 2 fully saturated rings. The Morgan fingerprint density at radius 3 is 2.88 bits per heavy atom. The van der Waals surface area contributed by atoms with E-state index in [2.05, 4.69) is 36.3 Å². The standard InChI is InChI=1S/C19H24N4O2/c1-18(2)7-14-8-19(3,10-18)11-23(14)17(25)16(24)21-13-5-4-12-9-20-22-15(12)6-13/h4-6,9,14H,7-8,10-11H2,1-3H3,(H,20,22)(H,21,24). The van der Waals surface area contributed by atoms with E-state index in [9.17, 15) is 9.59 Å². The summed E-state index contributed by atoms with van der Waals surface area (Å²) in [7, 11) is 0. The molecule has 2 bridgehead atoms. The fourth-order valence-corrected chi connectivity index (χ4v) is 5.03. The number of carbonyl (C=O) groups is 2. The molecule has 2 atom stereocenters. The largest absolute Gasteiger partial charge is 0.331 e. The van der Waals surface area contributed by atoms with E-state index in [1.54, 1.807) is 23.2 Å². The van der Waals surface area contributed by atoms with E-state index in [-0.39, 0.29) is 16.9 Å². The Bertz CT molecular complexity index is 856. The van der Waals surface area contributed by atoms with Crippen molar-refractivity contribution >= 4 is 28.4 Å². The first-order valence-corrected chi connectivity index (χ1v) is 8.80. The highest BCUT2D eigenvalue weighted by Crippen LogP contribution is 2.52. The Morgan fingerprint density at radius 1 is 1.28 bits per heavy atom. The van der Waals surface area contributed by atoms with Gasteiger partial charge in [0.05, 0.1) is 11.7 Å². The van der Waals surface area contributed by atoms with Crippen LogP contribution in [0.25, 0.3) is 10.9 Å². The van der Waals surface area contributed by atoms with Gasteiger partial charge in [-0.25, -0.2) is 0 Å². The number of hydrogen-bond donors (Lipinski definition) is 2. The summed E-state index contributed by atoms with van der Waals surface area (Å²) in [5.74, 6) is -0.982. The predicted octanol–water partition coefficient (Wildman–Crippen LogP) is 2.93. The number of aromatic nitrogens is 2. The highest BCUT2D eigenvalue weighted by Gasteiger charge is 2.51. The molecular formula is C19H24N4O2. The molecule has 1 aromatic carbocycles. The quantitative estimate of drug-likeness (QED) is 0.784. The summed E-state index contributed by atoms with van der Waals surface area (Å²) in [6, 6.07) is 5.61. The van der Waals surface area contributed by atoms with Gasteiger partial charge in [-0.15, -0.1) is 0 Å². The third-order valence-electron chi connectivity index (χ3n) is 5.57. The Balaban J connectivity index is 1.50. The highest BCUT2D eigenvalue weighted by molar-refractivity contribution is 6.39. The van der Waals surface area contributed by atoms with Crippen LogP contribution >= 0.6 is 0 Å². The van der Waals surface area contributed by atoms with Gasteiger partial charge in [0, 0.05) is 23.7 Å². The molecule has 0 spiro atoms. The molecular weight excluding hydrogens is 316 g/mol. The van der Waals surface area contributed by atoms with Crippen molar-refractivity contribution in [1.29, 1.82) is 0 Å². The van der Waals surface area contributed by atoms with Gasteiger partial charge >= 0.3 is 11.8 Å². The minimum Gasteiger partial charge on any atom is -0.331 e. The monoisotopic (exact) mass is 340 g/mol. The molecule has 6 nitrogen and oxygen atoms in total. The van der Waals surface area contributed by atoms with E-state index in [1.165, 1.54) is 0 Å². The first kappa shape index (κ1) is 16.1. The third kappa shape index (κ3) is 2.90. The lowest BCUT2D eigenvalue weighted by atomic mass is 9.65. The van der Waals surface area contributed by atoms with Crippen molar-refractivity contribution in [3.05, 3.63) is 24.4 Å². The van der Waals surface area contributed by atoms with Crippen LogP contribution in [0.5, 0.6) is 0 Å². The van der Waals surface area contributed by atoms with Crippen molar-refractivity contribution in [2.45, 2.75) is 46.1 Å². The summed E-state index contributed by atoms with van der Waals surface area (Å²) >= 11 is 0. The molecule has 1 saturated heterocycles. The van der Waals surface area contributed by atoms with E-state index >= 15 is 0 Å². The van der Waals surface area contributed by atoms with Crippen molar-refractivity contribution in [2.75, 3.05) is 11.9 Å². The Morgan fingerprint density at radius 2 is 2.08 bits per heavy atom. The van der Waals surface area contributed by atoms with Crippen molar-refractivity contribution in [3.63, 3.8) is 0 Å². The fourth-order valence-electron chi connectivity index (χ4n) is 5.03. The van der Waals surface area contributed by atoms with Gasteiger partial charge in [0.15, 0.2) is 0 Å². The summed E-state index contributed by atoms with van der Waals surface area (Å²) in [6.07, 6.45) is 4.77. The number of rotatable bonds is 1. The average Bonchev–Trinajstić information content (AvgIpc) is 3.06. The molecule has 2 aliphatic rings. The van der Waals surface area contributed by atoms with Crippen LogP contribution in [0.1, 0.15) is 40.0 Å². The molecule has 132 valence electrons. The number of fused-ring (bicyclic) bond motifs is 3. The molecule has 6 heteroatoms. The van der Waals surface area contributed by atoms with Gasteiger partial charge in [0.2, 0.25) is 0 Å². The predicted molar refractivity (Wildman–Crippen MR) is 96.0 cm³/mol. The summed E-state index contributed by atoms with van der Waals surface area (Å²) < 4.78 is 0. The zero-order valence-electron chi connectivity index (χ0n) is 14.9. The first-order valence-electron chi connectivity index (χ1n) is 8.80. The molecule has 1 aromatic heterocycles. The van der Waals surface area contributed by atoms with Crippen molar-refractivity contribution in [2.24, 2.45) is 10.8 Å². The number of H-pyrrole nitrogens is 1. The van der Waals surface area contributed by atoms with Gasteiger partial charge in [0.25, 0.3) is 0 Å². The van der Waals surface area contributed by atoms with Gasteiger partial charge in [0.1, 0.15) is 0 Å². The molecule has 2 unspecified atom stereocenters. The maximum atomic E-state index is 12.8. The van der Waals surface area contributed by atoms with Crippen LogP contribution in [-0.2, 0) is 9.59 Å². The molecule has 2 aromatic rings. The average molecular weight is 340 g/mol. The maximum absolute atomic E-state index is 12.8. The van der Waals surface area contributed by atoms with Crippen LogP contribution in [0.2, 0.25) is 0 Å². The number of aromatic amines is 1. The zero-order chi connectivity index (χ0) is 17.8. The van der Waals surface area contributed by atoms with Gasteiger partial charge in [-0.2, -0.15) is 5.10 Å². The van der Waals surface area contributed by atoms with Crippen LogP contribution < -0.4 is 5.32 Å². The fraction of sp³-hybridized carbons (Fsp3) is 0.526. The van der Waals surface area contributed by atoms with Gasteiger partial charge in [-0.1, -0.05) is 20.8 Å². The number of anilines is 1. The summed E-state index contributed by atoms with van der Waals surface area (Å²) in [5.41, 5.74) is 1.77. The molecule has 1 aliphatic carbocycles. The van der Waals surface area contributed by atoms with Gasteiger partial charge in [-0.05, 0) is 48.3 Å². The van der Waals surface area contributed by atoms with Crippen LogP contribution in [-0.4, -0.2) is 39.5 Å².